The molecule has 0 saturated heterocycles. The van der Waals surface area contributed by atoms with Gasteiger partial charge >= 0.3 is 6.18 Å². The Labute approximate surface area is 114 Å². The van der Waals surface area contributed by atoms with Crippen LogP contribution in [0.1, 0.15) is 5.56 Å². The highest BCUT2D eigenvalue weighted by Gasteiger charge is 2.29. The first kappa shape index (κ1) is 13.8. The van der Waals surface area contributed by atoms with Crippen molar-refractivity contribution in [1.82, 2.24) is 4.98 Å². The van der Waals surface area contributed by atoms with Crippen molar-refractivity contribution in [2.45, 2.75) is 6.18 Å². The smallest absolute Gasteiger partial charge is 0.338 e. The van der Waals surface area contributed by atoms with Gasteiger partial charge in [-0.05, 0) is 46.3 Å². The quantitative estimate of drug-likeness (QED) is 0.802. The van der Waals surface area contributed by atoms with E-state index in [9.17, 15) is 17.6 Å². The maximum Gasteiger partial charge on any atom is 0.416 e. The number of nitrogens with one attached hydrogen (secondary N) is 1. The Hall–Kier alpha value is -1.63. The molecule has 0 unspecified atom stereocenters. The fourth-order valence-electron chi connectivity index (χ4n) is 1.39. The lowest BCUT2D eigenvalue weighted by atomic mass is 10.2. The molecule has 1 heterocycles. The number of anilines is 2. The molecular weight excluding hydrogens is 328 g/mol. The molecule has 0 radical (unpaired) electrons. The lowest BCUT2D eigenvalue weighted by Gasteiger charge is -2.09. The van der Waals surface area contributed by atoms with Gasteiger partial charge in [0.2, 0.25) is 0 Å². The average molecular weight is 335 g/mol. The van der Waals surface area contributed by atoms with Crippen LogP contribution in [0.3, 0.4) is 0 Å². The second-order valence-corrected chi connectivity index (χ2v) is 4.60. The van der Waals surface area contributed by atoms with Crippen LogP contribution in [0.15, 0.2) is 41.0 Å². The maximum absolute atomic E-state index is 13.5. The largest absolute Gasteiger partial charge is 0.416 e. The number of halogens is 5. The molecule has 0 spiro atoms. The standard InChI is InChI=1S/C12H7BrF4N2/c13-8-5-10(14)11(18-6-8)19-9-3-1-7(2-4-9)12(15,16)17/h1-6H,(H,18,19). The van der Waals surface area contributed by atoms with Crippen LogP contribution in [0.2, 0.25) is 0 Å². The van der Waals surface area contributed by atoms with E-state index in [1.54, 1.807) is 0 Å². The van der Waals surface area contributed by atoms with Gasteiger partial charge in [-0.1, -0.05) is 0 Å². The number of pyridine rings is 1. The van der Waals surface area contributed by atoms with Crippen molar-refractivity contribution in [2.24, 2.45) is 0 Å². The van der Waals surface area contributed by atoms with Crippen LogP contribution in [-0.4, -0.2) is 4.98 Å². The van der Waals surface area contributed by atoms with E-state index in [0.29, 0.717) is 10.2 Å². The molecular formula is C12H7BrF4N2. The molecule has 1 N–H and O–H groups in total. The van der Waals surface area contributed by atoms with Gasteiger partial charge in [0.1, 0.15) is 0 Å². The van der Waals surface area contributed by atoms with E-state index in [1.807, 2.05) is 0 Å². The molecule has 0 amide bonds. The first-order valence-electron chi connectivity index (χ1n) is 5.11. The van der Waals surface area contributed by atoms with E-state index < -0.39 is 17.6 Å². The van der Waals surface area contributed by atoms with E-state index >= 15 is 0 Å². The van der Waals surface area contributed by atoms with Crippen LogP contribution in [-0.2, 0) is 6.18 Å². The van der Waals surface area contributed by atoms with E-state index in [1.165, 1.54) is 24.4 Å². The summed E-state index contributed by atoms with van der Waals surface area (Å²) in [4.78, 5) is 3.79. The van der Waals surface area contributed by atoms with E-state index in [0.717, 1.165) is 12.1 Å². The van der Waals surface area contributed by atoms with Crippen LogP contribution in [0.4, 0.5) is 29.1 Å². The van der Waals surface area contributed by atoms with Crippen molar-refractivity contribution < 1.29 is 17.6 Å². The van der Waals surface area contributed by atoms with Crippen molar-refractivity contribution in [1.29, 1.82) is 0 Å². The minimum Gasteiger partial charge on any atom is -0.338 e. The molecule has 7 heteroatoms. The van der Waals surface area contributed by atoms with E-state index in [4.69, 9.17) is 0 Å². The molecule has 0 fully saturated rings. The fraction of sp³-hybridized carbons (Fsp3) is 0.0833. The molecule has 0 bridgehead atoms. The molecule has 2 aromatic rings. The second-order valence-electron chi connectivity index (χ2n) is 3.68. The topological polar surface area (TPSA) is 24.9 Å². The average Bonchev–Trinajstić information content (AvgIpc) is 2.32. The summed E-state index contributed by atoms with van der Waals surface area (Å²) in [5.41, 5.74) is -0.441. The van der Waals surface area contributed by atoms with Crippen molar-refractivity contribution in [3.63, 3.8) is 0 Å². The van der Waals surface area contributed by atoms with Gasteiger partial charge in [-0.25, -0.2) is 9.37 Å². The minimum atomic E-state index is -4.39. The highest BCUT2D eigenvalue weighted by atomic mass is 79.9. The first-order chi connectivity index (χ1) is 8.86. The Morgan fingerprint density at radius 1 is 1.11 bits per heavy atom. The summed E-state index contributed by atoms with van der Waals surface area (Å²) in [7, 11) is 0. The molecule has 2 nitrogen and oxygen atoms in total. The van der Waals surface area contributed by atoms with Gasteiger partial charge in [0.25, 0.3) is 0 Å². The molecule has 2 rings (SSSR count). The third-order valence-electron chi connectivity index (χ3n) is 2.28. The highest BCUT2D eigenvalue weighted by Crippen LogP contribution is 2.30. The zero-order chi connectivity index (χ0) is 14.0. The number of hydrogen-bond donors (Lipinski definition) is 1. The van der Waals surface area contributed by atoms with Crippen molar-refractivity contribution in [3.05, 3.63) is 52.4 Å². The molecule has 100 valence electrons. The monoisotopic (exact) mass is 334 g/mol. The van der Waals surface area contributed by atoms with Gasteiger partial charge in [-0.3, -0.25) is 0 Å². The van der Waals surface area contributed by atoms with Gasteiger partial charge in [0.15, 0.2) is 11.6 Å². The normalized spacial score (nSPS) is 11.4. The predicted octanol–water partition coefficient (Wildman–Crippen LogP) is 4.75. The predicted molar refractivity (Wildman–Crippen MR) is 66.6 cm³/mol. The van der Waals surface area contributed by atoms with E-state index in [-0.39, 0.29) is 5.82 Å². The molecule has 0 atom stereocenters. The Kier molecular flexibility index (Phi) is 3.75. The number of alkyl halides is 3. The van der Waals surface area contributed by atoms with Crippen LogP contribution in [0, 0.1) is 5.82 Å². The SMILES string of the molecule is Fc1cc(Br)cnc1Nc1ccc(C(F)(F)F)cc1. The summed E-state index contributed by atoms with van der Waals surface area (Å²) in [5, 5.41) is 2.60. The van der Waals surface area contributed by atoms with Gasteiger partial charge in [0.05, 0.1) is 5.56 Å². The van der Waals surface area contributed by atoms with Gasteiger partial charge in [-0.2, -0.15) is 13.2 Å². The summed E-state index contributed by atoms with van der Waals surface area (Å²) in [6.07, 6.45) is -3.00. The van der Waals surface area contributed by atoms with Crippen LogP contribution < -0.4 is 5.32 Å². The third-order valence-corrected chi connectivity index (χ3v) is 2.72. The zero-order valence-corrected chi connectivity index (χ0v) is 10.9. The Morgan fingerprint density at radius 3 is 2.26 bits per heavy atom. The van der Waals surface area contributed by atoms with Crippen LogP contribution >= 0.6 is 15.9 Å². The number of nitrogens with zero attached hydrogens (tertiary/aromatic N) is 1. The van der Waals surface area contributed by atoms with Crippen LogP contribution in [0.25, 0.3) is 0 Å². The number of hydrogen-bond acceptors (Lipinski definition) is 2. The lowest BCUT2D eigenvalue weighted by molar-refractivity contribution is -0.137. The zero-order valence-electron chi connectivity index (χ0n) is 9.30. The van der Waals surface area contributed by atoms with E-state index in [2.05, 4.69) is 26.2 Å². The molecule has 0 saturated carbocycles. The third kappa shape index (κ3) is 3.44. The van der Waals surface area contributed by atoms with Gasteiger partial charge in [-0.15, -0.1) is 0 Å². The van der Waals surface area contributed by atoms with Crippen molar-refractivity contribution in [2.75, 3.05) is 5.32 Å². The molecule has 0 aliphatic rings. The summed E-state index contributed by atoms with van der Waals surface area (Å²) < 4.78 is 51.0. The Balaban J connectivity index is 2.20. The van der Waals surface area contributed by atoms with Crippen molar-refractivity contribution in [3.8, 4) is 0 Å². The summed E-state index contributed by atoms with van der Waals surface area (Å²) in [6, 6.07) is 5.47. The van der Waals surface area contributed by atoms with Gasteiger partial charge < -0.3 is 5.32 Å². The highest BCUT2D eigenvalue weighted by molar-refractivity contribution is 9.10. The molecule has 19 heavy (non-hydrogen) atoms. The van der Waals surface area contributed by atoms with Gasteiger partial charge in [0, 0.05) is 16.4 Å². The summed E-state index contributed by atoms with van der Waals surface area (Å²) >= 11 is 3.06. The molecule has 1 aromatic carbocycles. The number of benzene rings is 1. The first-order valence-corrected chi connectivity index (χ1v) is 5.91. The summed E-state index contributed by atoms with van der Waals surface area (Å²) in [6.45, 7) is 0. The lowest BCUT2D eigenvalue weighted by Crippen LogP contribution is -2.04. The minimum absolute atomic E-state index is 0.0528. The molecule has 0 aliphatic carbocycles. The number of aromatic nitrogens is 1. The maximum atomic E-state index is 13.5. The molecule has 1 aromatic heterocycles. The fourth-order valence-corrected chi connectivity index (χ4v) is 1.69. The van der Waals surface area contributed by atoms with Crippen molar-refractivity contribution >= 4 is 27.4 Å². The molecule has 0 aliphatic heterocycles. The summed E-state index contributed by atoms with van der Waals surface area (Å²) in [5.74, 6) is -0.655. The Morgan fingerprint density at radius 2 is 1.74 bits per heavy atom. The van der Waals surface area contributed by atoms with Crippen LogP contribution in [0.5, 0.6) is 0 Å². The second kappa shape index (κ2) is 5.16. The number of rotatable bonds is 2. The Bertz CT molecular complexity index is 581.